The van der Waals surface area contributed by atoms with Crippen LogP contribution in [-0.4, -0.2) is 32.3 Å². The first kappa shape index (κ1) is 13.6. The van der Waals surface area contributed by atoms with Crippen molar-refractivity contribution in [3.63, 3.8) is 0 Å². The Hall–Kier alpha value is -1.82. The Morgan fingerprint density at radius 1 is 1.63 bits per heavy atom. The molecule has 1 aromatic carbocycles. The molecule has 0 spiro atoms. The first-order valence-electron chi connectivity index (χ1n) is 6.22. The van der Waals surface area contributed by atoms with Crippen LogP contribution >= 0.6 is 0 Å². The molecule has 3 N–H and O–H groups in total. The summed E-state index contributed by atoms with van der Waals surface area (Å²) < 4.78 is 17.7. The van der Waals surface area contributed by atoms with E-state index in [1.165, 1.54) is 19.2 Å². The lowest BCUT2D eigenvalue weighted by molar-refractivity contribution is 0.167. The molecule has 1 heterocycles. The van der Waals surface area contributed by atoms with Crippen molar-refractivity contribution in [2.24, 2.45) is 5.73 Å². The summed E-state index contributed by atoms with van der Waals surface area (Å²) in [5, 5.41) is 2.77. The minimum Gasteiger partial charge on any atom is -0.453 e. The van der Waals surface area contributed by atoms with Crippen LogP contribution in [0.2, 0.25) is 0 Å². The second-order valence-electron chi connectivity index (χ2n) is 4.54. The van der Waals surface area contributed by atoms with Gasteiger partial charge in [-0.2, -0.15) is 0 Å². The number of carbonyl (C=O) groups excluding carboxylic acids is 1. The van der Waals surface area contributed by atoms with Crippen LogP contribution in [0.4, 0.5) is 14.9 Å². The van der Waals surface area contributed by atoms with Gasteiger partial charge in [0, 0.05) is 25.3 Å². The number of anilines is 1. The van der Waals surface area contributed by atoms with Crippen molar-refractivity contribution in [1.29, 1.82) is 0 Å². The molecule has 1 aromatic rings. The van der Waals surface area contributed by atoms with Crippen LogP contribution < -0.4 is 16.0 Å². The lowest BCUT2D eigenvalue weighted by Gasteiger charge is -2.21. The monoisotopic (exact) mass is 267 g/mol. The highest BCUT2D eigenvalue weighted by atomic mass is 19.1. The third kappa shape index (κ3) is 3.14. The average Bonchev–Trinajstić information content (AvgIpc) is 2.86. The number of rotatable bonds is 3. The van der Waals surface area contributed by atoms with E-state index in [2.05, 4.69) is 15.0 Å². The lowest BCUT2D eigenvalue weighted by Crippen LogP contribution is -2.37. The summed E-state index contributed by atoms with van der Waals surface area (Å²) in [5.74, 6) is -0.285. The van der Waals surface area contributed by atoms with Crippen molar-refractivity contribution in [3.8, 4) is 0 Å². The fourth-order valence-electron chi connectivity index (χ4n) is 2.35. The highest BCUT2D eigenvalue weighted by Gasteiger charge is 2.25. The maximum absolute atomic E-state index is 13.2. The molecule has 1 atom stereocenters. The van der Waals surface area contributed by atoms with Crippen molar-refractivity contribution in [2.45, 2.75) is 19.0 Å². The summed E-state index contributed by atoms with van der Waals surface area (Å²) in [7, 11) is 1.34. The van der Waals surface area contributed by atoms with Crippen LogP contribution in [-0.2, 0) is 11.3 Å². The predicted molar refractivity (Wildman–Crippen MR) is 70.5 cm³/mol. The van der Waals surface area contributed by atoms with E-state index in [9.17, 15) is 9.18 Å². The maximum atomic E-state index is 13.2. The zero-order valence-electron chi connectivity index (χ0n) is 10.9. The number of ether oxygens (including phenoxy) is 1. The summed E-state index contributed by atoms with van der Waals surface area (Å²) in [6.45, 7) is 1.76. The molecule has 0 radical (unpaired) electrons. The van der Waals surface area contributed by atoms with Crippen LogP contribution in [0.25, 0.3) is 0 Å². The van der Waals surface area contributed by atoms with Gasteiger partial charge in [-0.05, 0) is 30.2 Å². The van der Waals surface area contributed by atoms with Gasteiger partial charge in [0.05, 0.1) is 13.2 Å². The van der Waals surface area contributed by atoms with E-state index in [-0.39, 0.29) is 11.9 Å². The SMILES string of the molecule is COC(=O)NC1CCN(c2ccc(F)cc2CN)C1. The summed E-state index contributed by atoms with van der Waals surface area (Å²) in [6, 6.07) is 4.66. The van der Waals surface area contributed by atoms with E-state index in [4.69, 9.17) is 5.73 Å². The van der Waals surface area contributed by atoms with E-state index >= 15 is 0 Å². The third-order valence-corrected chi connectivity index (χ3v) is 3.30. The first-order valence-corrected chi connectivity index (χ1v) is 6.22. The van der Waals surface area contributed by atoms with Gasteiger partial charge in [-0.1, -0.05) is 0 Å². The summed E-state index contributed by atoms with van der Waals surface area (Å²) in [5.41, 5.74) is 7.35. The van der Waals surface area contributed by atoms with Crippen LogP contribution in [0.1, 0.15) is 12.0 Å². The van der Waals surface area contributed by atoms with Gasteiger partial charge < -0.3 is 20.7 Å². The largest absolute Gasteiger partial charge is 0.453 e. The maximum Gasteiger partial charge on any atom is 0.407 e. The van der Waals surface area contributed by atoms with Crippen molar-refractivity contribution in [1.82, 2.24) is 5.32 Å². The molecule has 0 aromatic heterocycles. The van der Waals surface area contributed by atoms with Crippen LogP contribution in [0.5, 0.6) is 0 Å². The number of methoxy groups -OCH3 is 1. The normalized spacial score (nSPS) is 18.5. The molecule has 1 aliphatic rings. The van der Waals surface area contributed by atoms with Gasteiger partial charge in [-0.3, -0.25) is 0 Å². The zero-order valence-corrected chi connectivity index (χ0v) is 10.9. The Morgan fingerprint density at radius 3 is 3.11 bits per heavy atom. The fraction of sp³-hybridized carbons (Fsp3) is 0.462. The molecule has 1 unspecified atom stereocenters. The van der Waals surface area contributed by atoms with E-state index in [0.29, 0.717) is 13.1 Å². The predicted octanol–water partition coefficient (Wildman–Crippen LogP) is 1.22. The molecule has 0 aliphatic carbocycles. The minimum absolute atomic E-state index is 0.0446. The number of amides is 1. The Kier molecular flexibility index (Phi) is 4.21. The molecule has 5 nitrogen and oxygen atoms in total. The van der Waals surface area contributed by atoms with Crippen molar-refractivity contribution < 1.29 is 13.9 Å². The molecule has 1 aliphatic heterocycles. The molecular formula is C13H18FN3O2. The third-order valence-electron chi connectivity index (χ3n) is 3.30. The highest BCUT2D eigenvalue weighted by Crippen LogP contribution is 2.25. The average molecular weight is 267 g/mol. The Bertz CT molecular complexity index is 467. The molecule has 19 heavy (non-hydrogen) atoms. The minimum atomic E-state index is -0.426. The van der Waals surface area contributed by atoms with Crippen LogP contribution in [0.3, 0.4) is 0 Å². The fourth-order valence-corrected chi connectivity index (χ4v) is 2.35. The van der Waals surface area contributed by atoms with Crippen LogP contribution in [0.15, 0.2) is 18.2 Å². The van der Waals surface area contributed by atoms with E-state index in [0.717, 1.165) is 24.2 Å². The molecular weight excluding hydrogens is 249 g/mol. The number of benzene rings is 1. The highest BCUT2D eigenvalue weighted by molar-refractivity contribution is 5.67. The second-order valence-corrected chi connectivity index (χ2v) is 4.54. The molecule has 1 amide bonds. The number of alkyl carbamates (subject to hydrolysis) is 1. The van der Waals surface area contributed by atoms with Gasteiger partial charge in [0.2, 0.25) is 0 Å². The summed E-state index contributed by atoms with van der Waals surface area (Å²) >= 11 is 0. The smallest absolute Gasteiger partial charge is 0.407 e. The molecule has 0 saturated carbocycles. The molecule has 1 saturated heterocycles. The van der Waals surface area contributed by atoms with Gasteiger partial charge in [0.25, 0.3) is 0 Å². The van der Waals surface area contributed by atoms with Crippen molar-refractivity contribution in [2.75, 3.05) is 25.1 Å². The van der Waals surface area contributed by atoms with Crippen LogP contribution in [0, 0.1) is 5.82 Å². The number of carbonyl (C=O) groups is 1. The Balaban J connectivity index is 2.06. The van der Waals surface area contributed by atoms with Gasteiger partial charge >= 0.3 is 6.09 Å². The number of hydrogen-bond acceptors (Lipinski definition) is 4. The summed E-state index contributed by atoms with van der Waals surface area (Å²) in [4.78, 5) is 13.3. The lowest BCUT2D eigenvalue weighted by atomic mass is 10.1. The van der Waals surface area contributed by atoms with Crippen molar-refractivity contribution in [3.05, 3.63) is 29.6 Å². The van der Waals surface area contributed by atoms with E-state index in [1.807, 2.05) is 0 Å². The van der Waals surface area contributed by atoms with E-state index in [1.54, 1.807) is 6.07 Å². The molecule has 2 rings (SSSR count). The standard InChI is InChI=1S/C13H18FN3O2/c1-19-13(18)16-11-4-5-17(8-11)12-3-2-10(14)6-9(12)7-15/h2-3,6,11H,4-5,7-8,15H2,1H3,(H,16,18). The van der Waals surface area contributed by atoms with Gasteiger partial charge in [0.1, 0.15) is 5.82 Å². The summed E-state index contributed by atoms with van der Waals surface area (Å²) in [6.07, 6.45) is 0.404. The Morgan fingerprint density at radius 2 is 2.42 bits per heavy atom. The number of nitrogens with zero attached hydrogens (tertiary/aromatic N) is 1. The Labute approximate surface area is 111 Å². The molecule has 0 bridgehead atoms. The number of halogens is 1. The molecule has 6 heteroatoms. The number of nitrogens with one attached hydrogen (secondary N) is 1. The van der Waals surface area contributed by atoms with E-state index < -0.39 is 6.09 Å². The molecule has 1 fully saturated rings. The topological polar surface area (TPSA) is 67.6 Å². The van der Waals surface area contributed by atoms with Crippen molar-refractivity contribution >= 4 is 11.8 Å². The second kappa shape index (κ2) is 5.88. The van der Waals surface area contributed by atoms with Gasteiger partial charge in [-0.15, -0.1) is 0 Å². The first-order chi connectivity index (χ1) is 9.13. The van der Waals surface area contributed by atoms with Gasteiger partial charge in [-0.25, -0.2) is 9.18 Å². The quantitative estimate of drug-likeness (QED) is 0.864. The van der Waals surface area contributed by atoms with Gasteiger partial charge in [0.15, 0.2) is 0 Å². The molecule has 104 valence electrons. The number of hydrogen-bond donors (Lipinski definition) is 2. The number of nitrogens with two attached hydrogens (primary N) is 1. The zero-order chi connectivity index (χ0) is 13.8.